The molecule has 0 fully saturated rings. The fraction of sp³-hybridized carbons (Fsp3) is 0.727. The molecule has 0 aliphatic rings. The quantitative estimate of drug-likeness (QED) is 0.787. The van der Waals surface area contributed by atoms with Crippen LogP contribution in [0.3, 0.4) is 0 Å². The van der Waals surface area contributed by atoms with Gasteiger partial charge in [0.25, 0.3) is 0 Å². The highest BCUT2D eigenvalue weighted by molar-refractivity contribution is 7.90. The van der Waals surface area contributed by atoms with Crippen LogP contribution in [0.15, 0.2) is 12.4 Å². The molecule has 1 aromatic heterocycles. The van der Waals surface area contributed by atoms with Crippen LogP contribution in [-0.4, -0.2) is 36.0 Å². The second kappa shape index (κ2) is 6.16. The van der Waals surface area contributed by atoms with Crippen molar-refractivity contribution in [2.75, 3.05) is 12.0 Å². The van der Waals surface area contributed by atoms with Gasteiger partial charge in [-0.15, -0.1) is 0 Å². The van der Waals surface area contributed by atoms with Gasteiger partial charge in [0.05, 0.1) is 12.3 Å². The first-order chi connectivity index (χ1) is 7.92. The molecular formula is C11H21N3O2S. The Hall–Kier alpha value is -0.880. The Labute approximate surface area is 103 Å². The number of aryl methyl sites for hydroxylation is 1. The third kappa shape index (κ3) is 5.32. The Morgan fingerprint density at radius 3 is 2.82 bits per heavy atom. The summed E-state index contributed by atoms with van der Waals surface area (Å²) in [4.78, 5) is 4.25. The van der Waals surface area contributed by atoms with Crippen LogP contribution >= 0.6 is 0 Å². The van der Waals surface area contributed by atoms with Crippen LogP contribution in [0.5, 0.6) is 0 Å². The van der Waals surface area contributed by atoms with Crippen molar-refractivity contribution in [1.29, 1.82) is 0 Å². The highest BCUT2D eigenvalue weighted by Crippen LogP contribution is 2.00. The predicted molar refractivity (Wildman–Crippen MR) is 68.5 cm³/mol. The molecule has 0 aliphatic carbocycles. The van der Waals surface area contributed by atoms with E-state index < -0.39 is 9.84 Å². The highest BCUT2D eigenvalue weighted by Gasteiger charge is 2.11. The normalized spacial score (nSPS) is 13.8. The van der Waals surface area contributed by atoms with Crippen molar-refractivity contribution in [2.24, 2.45) is 0 Å². The molecule has 0 bridgehead atoms. The maximum Gasteiger partial charge on any atom is 0.148 e. The van der Waals surface area contributed by atoms with Crippen LogP contribution in [0.4, 0.5) is 0 Å². The van der Waals surface area contributed by atoms with Crippen LogP contribution in [0.2, 0.25) is 0 Å². The predicted octanol–water partition coefficient (Wildman–Crippen LogP) is 0.816. The van der Waals surface area contributed by atoms with Gasteiger partial charge in [-0.3, -0.25) is 0 Å². The SMILES string of the molecule is CCCn1ccnc1CNC(C)CS(C)(=O)=O. The Morgan fingerprint density at radius 2 is 2.24 bits per heavy atom. The first-order valence-electron chi connectivity index (χ1n) is 5.83. The van der Waals surface area contributed by atoms with Crippen molar-refractivity contribution in [3.63, 3.8) is 0 Å². The smallest absolute Gasteiger partial charge is 0.148 e. The number of hydrogen-bond acceptors (Lipinski definition) is 4. The molecule has 0 radical (unpaired) electrons. The van der Waals surface area contributed by atoms with E-state index in [1.807, 2.05) is 13.1 Å². The van der Waals surface area contributed by atoms with Crippen molar-refractivity contribution < 1.29 is 8.42 Å². The van der Waals surface area contributed by atoms with E-state index in [1.165, 1.54) is 6.26 Å². The van der Waals surface area contributed by atoms with Gasteiger partial charge >= 0.3 is 0 Å². The van der Waals surface area contributed by atoms with E-state index in [9.17, 15) is 8.42 Å². The molecule has 1 heterocycles. The van der Waals surface area contributed by atoms with E-state index in [4.69, 9.17) is 0 Å². The summed E-state index contributed by atoms with van der Waals surface area (Å²) in [7, 11) is -2.92. The molecule has 17 heavy (non-hydrogen) atoms. The number of hydrogen-bond donors (Lipinski definition) is 1. The van der Waals surface area contributed by atoms with Crippen LogP contribution in [0, 0.1) is 0 Å². The van der Waals surface area contributed by atoms with E-state index in [-0.39, 0.29) is 11.8 Å². The second-order valence-corrected chi connectivity index (χ2v) is 6.60. The molecule has 0 aromatic carbocycles. The highest BCUT2D eigenvalue weighted by atomic mass is 32.2. The first kappa shape index (κ1) is 14.2. The Morgan fingerprint density at radius 1 is 1.53 bits per heavy atom. The maximum absolute atomic E-state index is 11.1. The van der Waals surface area contributed by atoms with Gasteiger partial charge in [-0.2, -0.15) is 0 Å². The van der Waals surface area contributed by atoms with Crippen molar-refractivity contribution in [3.05, 3.63) is 18.2 Å². The average Bonchev–Trinajstić information content (AvgIpc) is 2.60. The standard InChI is InChI=1S/C11H21N3O2S/c1-4-6-14-7-5-12-11(14)8-13-10(2)9-17(3,15)16/h5,7,10,13H,4,6,8-9H2,1-3H3. The zero-order valence-corrected chi connectivity index (χ0v) is 11.5. The van der Waals surface area contributed by atoms with E-state index in [0.717, 1.165) is 18.8 Å². The number of rotatable bonds is 7. The van der Waals surface area contributed by atoms with Crippen molar-refractivity contribution >= 4 is 9.84 Å². The number of nitrogens with one attached hydrogen (secondary N) is 1. The first-order valence-corrected chi connectivity index (χ1v) is 7.89. The monoisotopic (exact) mass is 259 g/mol. The van der Waals surface area contributed by atoms with Gasteiger partial charge < -0.3 is 9.88 Å². The third-order valence-corrected chi connectivity index (χ3v) is 3.53. The molecule has 1 atom stereocenters. The minimum Gasteiger partial charge on any atom is -0.334 e. The largest absolute Gasteiger partial charge is 0.334 e. The van der Waals surface area contributed by atoms with Crippen molar-refractivity contribution in [2.45, 2.75) is 39.4 Å². The van der Waals surface area contributed by atoms with E-state index >= 15 is 0 Å². The Balaban J connectivity index is 2.47. The Bertz CT molecular complexity index is 439. The molecule has 0 saturated heterocycles. The average molecular weight is 259 g/mol. The molecule has 0 saturated carbocycles. The van der Waals surface area contributed by atoms with Gasteiger partial charge in [-0.25, -0.2) is 13.4 Å². The fourth-order valence-corrected chi connectivity index (χ4v) is 2.76. The van der Waals surface area contributed by atoms with Gasteiger partial charge in [-0.1, -0.05) is 6.92 Å². The number of imidazole rings is 1. The molecule has 0 amide bonds. The lowest BCUT2D eigenvalue weighted by Crippen LogP contribution is -2.33. The molecule has 0 spiro atoms. The van der Waals surface area contributed by atoms with E-state index in [2.05, 4.69) is 21.8 Å². The zero-order valence-electron chi connectivity index (χ0n) is 10.7. The van der Waals surface area contributed by atoms with E-state index in [0.29, 0.717) is 6.54 Å². The van der Waals surface area contributed by atoms with Crippen molar-refractivity contribution in [1.82, 2.24) is 14.9 Å². The van der Waals surface area contributed by atoms with Gasteiger partial charge in [0, 0.05) is 31.2 Å². The summed E-state index contributed by atoms with van der Waals surface area (Å²) in [6.07, 6.45) is 6.03. The van der Waals surface area contributed by atoms with Gasteiger partial charge in [0.1, 0.15) is 15.7 Å². The third-order valence-electron chi connectivity index (χ3n) is 2.43. The lowest BCUT2D eigenvalue weighted by Gasteiger charge is -2.13. The molecular weight excluding hydrogens is 238 g/mol. The summed E-state index contributed by atoms with van der Waals surface area (Å²) in [6.45, 7) is 5.53. The number of sulfone groups is 1. The summed E-state index contributed by atoms with van der Waals surface area (Å²) in [5.74, 6) is 1.11. The molecule has 6 heteroatoms. The van der Waals surface area contributed by atoms with Crippen LogP contribution in [0.25, 0.3) is 0 Å². The minimum atomic E-state index is -2.92. The van der Waals surface area contributed by atoms with Crippen LogP contribution in [-0.2, 0) is 22.9 Å². The summed E-state index contributed by atoms with van der Waals surface area (Å²) in [5, 5.41) is 3.18. The van der Waals surface area contributed by atoms with Gasteiger partial charge in [-0.05, 0) is 13.3 Å². The number of nitrogens with zero attached hydrogens (tertiary/aromatic N) is 2. The summed E-state index contributed by atoms with van der Waals surface area (Å²) in [6, 6.07) is -0.0585. The lowest BCUT2D eigenvalue weighted by molar-refractivity contribution is 0.532. The lowest BCUT2D eigenvalue weighted by atomic mass is 10.4. The topological polar surface area (TPSA) is 64.0 Å². The van der Waals surface area contributed by atoms with Crippen molar-refractivity contribution in [3.8, 4) is 0 Å². The van der Waals surface area contributed by atoms with E-state index in [1.54, 1.807) is 6.20 Å². The maximum atomic E-state index is 11.1. The molecule has 1 unspecified atom stereocenters. The summed E-state index contributed by atoms with van der Waals surface area (Å²) < 4.78 is 24.3. The molecule has 1 aromatic rings. The summed E-state index contributed by atoms with van der Waals surface area (Å²) >= 11 is 0. The molecule has 98 valence electrons. The number of aromatic nitrogens is 2. The molecule has 1 N–H and O–H groups in total. The molecule has 5 nitrogen and oxygen atoms in total. The van der Waals surface area contributed by atoms with Gasteiger partial charge in [0.15, 0.2) is 0 Å². The summed E-state index contributed by atoms with van der Waals surface area (Å²) in [5.41, 5.74) is 0. The molecule has 0 aliphatic heterocycles. The fourth-order valence-electron chi connectivity index (χ4n) is 1.73. The zero-order chi connectivity index (χ0) is 12.9. The van der Waals surface area contributed by atoms with Crippen LogP contribution in [0.1, 0.15) is 26.1 Å². The molecule has 1 rings (SSSR count). The van der Waals surface area contributed by atoms with Gasteiger partial charge in [0.2, 0.25) is 0 Å². The van der Waals surface area contributed by atoms with Crippen LogP contribution < -0.4 is 5.32 Å². The minimum absolute atomic E-state index is 0.0585. The Kier molecular flexibility index (Phi) is 5.14. The second-order valence-electron chi connectivity index (χ2n) is 4.41.